The molecular formula is C27H40ClN5O5. The molecule has 0 aromatic carbocycles. The first-order valence-electron chi connectivity index (χ1n) is 14.2. The summed E-state index contributed by atoms with van der Waals surface area (Å²) in [5, 5.41) is 0.138. The molecule has 210 valence electrons. The van der Waals surface area contributed by atoms with E-state index in [1.807, 2.05) is 4.90 Å². The highest BCUT2D eigenvalue weighted by Gasteiger charge is 2.47. The summed E-state index contributed by atoms with van der Waals surface area (Å²) in [6.07, 6.45) is 6.37. The third-order valence-corrected chi connectivity index (χ3v) is 8.51. The number of hydrogen-bond acceptors (Lipinski definition) is 9. The lowest BCUT2D eigenvalue weighted by molar-refractivity contribution is 0.0282. The van der Waals surface area contributed by atoms with E-state index in [1.54, 1.807) is 6.92 Å². The Hall–Kier alpha value is -2.17. The van der Waals surface area contributed by atoms with E-state index in [-0.39, 0.29) is 40.9 Å². The quantitative estimate of drug-likeness (QED) is 0.246. The van der Waals surface area contributed by atoms with E-state index in [4.69, 9.17) is 30.8 Å². The minimum atomic E-state index is -0.512. The summed E-state index contributed by atoms with van der Waals surface area (Å²) in [5.74, 6) is 0.677. The second-order valence-corrected chi connectivity index (χ2v) is 11.4. The van der Waals surface area contributed by atoms with Gasteiger partial charge in [0.05, 0.1) is 38.5 Å². The van der Waals surface area contributed by atoms with Gasteiger partial charge < -0.3 is 19.1 Å². The van der Waals surface area contributed by atoms with Crippen LogP contribution in [0.2, 0.25) is 5.15 Å². The number of nitrogens with zero attached hydrogens (tertiary/aromatic N) is 5. The fourth-order valence-electron chi connectivity index (χ4n) is 6.04. The van der Waals surface area contributed by atoms with E-state index >= 15 is 0 Å². The number of carbonyl (C=O) groups excluding carboxylic acids is 2. The standard InChI is InChI=1S/C27H40ClN5O5/c1-3-5-12-38-26(35)33-19-6-7-20(33)17-32(16-19)24-22(25(34)37-4-2)23(28)29-21(30-24)15-27(8-9-27)18-31-10-13-36-14-11-31/h19-20H,3-18H2,1-2H3. The molecule has 2 bridgehead atoms. The van der Waals surface area contributed by atoms with Crippen molar-refractivity contribution in [1.29, 1.82) is 0 Å². The molecule has 0 N–H and O–H groups in total. The monoisotopic (exact) mass is 549 g/mol. The van der Waals surface area contributed by atoms with Crippen LogP contribution in [0.25, 0.3) is 0 Å². The van der Waals surface area contributed by atoms with Crippen LogP contribution >= 0.6 is 11.6 Å². The number of ether oxygens (including phenoxy) is 3. The van der Waals surface area contributed by atoms with Crippen LogP contribution in [0, 0.1) is 5.41 Å². The van der Waals surface area contributed by atoms with Crippen LogP contribution in [0.1, 0.15) is 68.6 Å². The lowest BCUT2D eigenvalue weighted by atomic mass is 10.0. The Bertz CT molecular complexity index is 1000. The predicted octanol–water partition coefficient (Wildman–Crippen LogP) is 3.55. The van der Waals surface area contributed by atoms with Crippen LogP contribution in [0.4, 0.5) is 10.6 Å². The molecule has 1 aromatic heterocycles. The van der Waals surface area contributed by atoms with E-state index in [2.05, 4.69) is 21.7 Å². The maximum Gasteiger partial charge on any atom is 0.410 e. The van der Waals surface area contributed by atoms with Gasteiger partial charge in [-0.1, -0.05) is 24.9 Å². The summed E-state index contributed by atoms with van der Waals surface area (Å²) in [6, 6.07) is 0.0115. The van der Waals surface area contributed by atoms with Crippen molar-refractivity contribution in [3.63, 3.8) is 0 Å². The zero-order valence-electron chi connectivity index (χ0n) is 22.6. The second kappa shape index (κ2) is 11.9. The number of aromatic nitrogens is 2. The van der Waals surface area contributed by atoms with E-state index in [0.29, 0.717) is 31.3 Å². The number of esters is 1. The lowest BCUT2D eigenvalue weighted by Gasteiger charge is -2.41. The number of fused-ring (bicyclic) bond motifs is 2. The van der Waals surface area contributed by atoms with Gasteiger partial charge in [-0.15, -0.1) is 0 Å². The summed E-state index contributed by atoms with van der Waals surface area (Å²) in [7, 11) is 0. The van der Waals surface area contributed by atoms with Gasteiger partial charge in [0, 0.05) is 39.1 Å². The summed E-state index contributed by atoms with van der Waals surface area (Å²) < 4.78 is 16.4. The van der Waals surface area contributed by atoms with Gasteiger partial charge in [0.15, 0.2) is 0 Å². The average molecular weight is 550 g/mol. The van der Waals surface area contributed by atoms with Crippen LogP contribution < -0.4 is 4.90 Å². The van der Waals surface area contributed by atoms with Gasteiger partial charge in [-0.3, -0.25) is 9.80 Å². The van der Waals surface area contributed by atoms with Crippen LogP contribution in [0.15, 0.2) is 0 Å². The van der Waals surface area contributed by atoms with Crippen molar-refractivity contribution in [3.8, 4) is 0 Å². The first-order valence-corrected chi connectivity index (χ1v) is 14.5. The lowest BCUT2D eigenvalue weighted by Crippen LogP contribution is -2.56. The van der Waals surface area contributed by atoms with Crippen molar-refractivity contribution in [1.82, 2.24) is 19.8 Å². The number of rotatable bonds is 10. The van der Waals surface area contributed by atoms with E-state index in [9.17, 15) is 9.59 Å². The van der Waals surface area contributed by atoms with Gasteiger partial charge in [-0.2, -0.15) is 0 Å². The molecule has 10 nitrogen and oxygen atoms in total. The third-order valence-electron chi connectivity index (χ3n) is 8.24. The number of piperazine rings is 1. The number of unbranched alkanes of at least 4 members (excludes halogenated alkanes) is 1. The van der Waals surface area contributed by atoms with Gasteiger partial charge in [0.1, 0.15) is 22.4 Å². The number of hydrogen-bond donors (Lipinski definition) is 0. The van der Waals surface area contributed by atoms with Crippen molar-refractivity contribution in [3.05, 3.63) is 16.5 Å². The number of halogens is 1. The molecule has 1 saturated carbocycles. The Kier molecular flexibility index (Phi) is 8.59. The number of amides is 1. The van der Waals surface area contributed by atoms with Crippen molar-refractivity contribution in [2.24, 2.45) is 5.41 Å². The molecule has 11 heteroatoms. The van der Waals surface area contributed by atoms with Gasteiger partial charge >= 0.3 is 12.1 Å². The Morgan fingerprint density at radius 1 is 1.08 bits per heavy atom. The van der Waals surface area contributed by atoms with Crippen molar-refractivity contribution in [2.45, 2.75) is 70.9 Å². The first kappa shape index (κ1) is 27.4. The van der Waals surface area contributed by atoms with Crippen LogP contribution in [-0.2, 0) is 20.6 Å². The molecule has 38 heavy (non-hydrogen) atoms. The molecule has 4 heterocycles. The minimum Gasteiger partial charge on any atom is -0.462 e. The number of anilines is 1. The summed E-state index contributed by atoms with van der Waals surface area (Å²) >= 11 is 6.67. The van der Waals surface area contributed by atoms with Crippen LogP contribution in [0.3, 0.4) is 0 Å². The SMILES string of the molecule is CCCCOC(=O)N1C2CCC1CN(c1nc(CC3(CN4CCOCC4)CC3)nc(Cl)c1C(=O)OCC)C2. The van der Waals surface area contributed by atoms with Crippen molar-refractivity contribution < 1.29 is 23.8 Å². The predicted molar refractivity (Wildman–Crippen MR) is 143 cm³/mol. The molecule has 2 atom stereocenters. The van der Waals surface area contributed by atoms with E-state index < -0.39 is 5.97 Å². The molecule has 1 aliphatic carbocycles. The maximum absolute atomic E-state index is 13.0. The van der Waals surface area contributed by atoms with Crippen molar-refractivity contribution >= 4 is 29.5 Å². The van der Waals surface area contributed by atoms with Crippen molar-refractivity contribution in [2.75, 3.05) is 64.1 Å². The zero-order chi connectivity index (χ0) is 26.7. The molecule has 3 aliphatic heterocycles. The summed E-state index contributed by atoms with van der Waals surface area (Å²) in [6.45, 7) is 10.1. The van der Waals surface area contributed by atoms with E-state index in [0.717, 1.165) is 77.8 Å². The van der Waals surface area contributed by atoms with Crippen LogP contribution in [-0.4, -0.2) is 103 Å². The number of morpholine rings is 1. The molecule has 1 amide bonds. The highest BCUT2D eigenvalue weighted by molar-refractivity contribution is 6.33. The largest absolute Gasteiger partial charge is 0.462 e. The molecule has 2 unspecified atom stereocenters. The molecule has 4 fully saturated rings. The minimum absolute atomic E-state index is 0.00575. The smallest absolute Gasteiger partial charge is 0.410 e. The summed E-state index contributed by atoms with van der Waals surface area (Å²) in [5.41, 5.74) is 0.359. The van der Waals surface area contributed by atoms with Gasteiger partial charge in [-0.05, 0) is 44.4 Å². The molecule has 0 radical (unpaired) electrons. The first-order chi connectivity index (χ1) is 18.4. The Balaban J connectivity index is 1.36. The third kappa shape index (κ3) is 6.02. The normalized spacial score (nSPS) is 24.4. The molecular weight excluding hydrogens is 510 g/mol. The average Bonchev–Trinajstić information content (AvgIpc) is 3.59. The molecule has 5 rings (SSSR count). The Labute approximate surface area is 229 Å². The molecule has 0 spiro atoms. The topological polar surface area (TPSA) is 97.3 Å². The number of carbonyl (C=O) groups is 2. The van der Waals surface area contributed by atoms with E-state index in [1.165, 1.54) is 0 Å². The van der Waals surface area contributed by atoms with Crippen LogP contribution in [0.5, 0.6) is 0 Å². The fraction of sp³-hybridized carbons (Fsp3) is 0.778. The Morgan fingerprint density at radius 3 is 2.42 bits per heavy atom. The highest BCUT2D eigenvalue weighted by atomic mass is 35.5. The fourth-order valence-corrected chi connectivity index (χ4v) is 6.30. The maximum atomic E-state index is 13.0. The summed E-state index contributed by atoms with van der Waals surface area (Å²) in [4.78, 5) is 41.8. The molecule has 4 aliphatic rings. The second-order valence-electron chi connectivity index (χ2n) is 11.1. The van der Waals surface area contributed by atoms with Gasteiger partial charge in [-0.25, -0.2) is 19.6 Å². The molecule has 1 aromatic rings. The Morgan fingerprint density at radius 2 is 1.79 bits per heavy atom. The van der Waals surface area contributed by atoms with Gasteiger partial charge in [0.2, 0.25) is 0 Å². The highest BCUT2D eigenvalue weighted by Crippen LogP contribution is 2.49. The molecule has 3 saturated heterocycles. The zero-order valence-corrected chi connectivity index (χ0v) is 23.4. The van der Waals surface area contributed by atoms with Gasteiger partial charge in [0.25, 0.3) is 0 Å².